The van der Waals surface area contributed by atoms with E-state index >= 15 is 0 Å². The molecule has 3 rings (SSSR count). The van der Waals surface area contributed by atoms with E-state index in [1.165, 1.54) is 16.8 Å². The number of likely N-dealkylation sites (N-methyl/N-ethyl adjacent to an activating group) is 1. The van der Waals surface area contributed by atoms with Crippen LogP contribution in [0.15, 0.2) is 53.0 Å². The minimum Gasteiger partial charge on any atom is -0.367 e. The molecule has 2 N–H and O–H groups in total. The van der Waals surface area contributed by atoms with Crippen LogP contribution >= 0.6 is 15.9 Å². The Bertz CT molecular complexity index is 626. The summed E-state index contributed by atoms with van der Waals surface area (Å²) in [5, 5.41) is 0. The van der Waals surface area contributed by atoms with E-state index in [1.807, 2.05) is 0 Å². The van der Waals surface area contributed by atoms with E-state index in [4.69, 9.17) is 5.73 Å². The van der Waals surface area contributed by atoms with E-state index in [9.17, 15) is 0 Å². The van der Waals surface area contributed by atoms with Gasteiger partial charge >= 0.3 is 0 Å². The van der Waals surface area contributed by atoms with E-state index in [-0.39, 0.29) is 5.54 Å². The Morgan fingerprint density at radius 1 is 1.14 bits per heavy atom. The molecule has 0 spiro atoms. The summed E-state index contributed by atoms with van der Waals surface area (Å²) in [4.78, 5) is 2.37. The second kappa shape index (κ2) is 5.82. The first-order chi connectivity index (χ1) is 10.1. The van der Waals surface area contributed by atoms with Gasteiger partial charge in [-0.15, -0.1) is 0 Å². The smallest absolute Gasteiger partial charge is 0.0564 e. The molecule has 110 valence electrons. The quantitative estimate of drug-likeness (QED) is 0.918. The summed E-state index contributed by atoms with van der Waals surface area (Å²) in [6.07, 6.45) is 3.19. The molecule has 1 aliphatic carbocycles. The van der Waals surface area contributed by atoms with Gasteiger partial charge in [0.2, 0.25) is 0 Å². The molecule has 2 nitrogen and oxygen atoms in total. The summed E-state index contributed by atoms with van der Waals surface area (Å²) < 4.78 is 1.16. The molecule has 0 saturated heterocycles. The summed E-state index contributed by atoms with van der Waals surface area (Å²) in [7, 11) is 2.17. The highest BCUT2D eigenvalue weighted by Crippen LogP contribution is 2.35. The van der Waals surface area contributed by atoms with Gasteiger partial charge in [0.05, 0.1) is 5.54 Å². The number of hydrogen-bond donors (Lipinski definition) is 1. The van der Waals surface area contributed by atoms with Crippen LogP contribution in [-0.2, 0) is 12.8 Å². The average molecular weight is 345 g/mol. The molecule has 1 atom stereocenters. The van der Waals surface area contributed by atoms with Gasteiger partial charge in [0, 0.05) is 23.8 Å². The van der Waals surface area contributed by atoms with Crippen LogP contribution in [0.3, 0.4) is 0 Å². The predicted octanol–water partition coefficient (Wildman–Crippen LogP) is 3.77. The van der Waals surface area contributed by atoms with Crippen molar-refractivity contribution < 1.29 is 0 Å². The van der Waals surface area contributed by atoms with Gasteiger partial charge in [0.25, 0.3) is 0 Å². The van der Waals surface area contributed by atoms with E-state index < -0.39 is 0 Å². The molecule has 3 heteroatoms. The van der Waals surface area contributed by atoms with Crippen LogP contribution in [0.5, 0.6) is 0 Å². The summed E-state index contributed by atoms with van der Waals surface area (Å²) in [5.41, 5.74) is 10.4. The van der Waals surface area contributed by atoms with Crippen molar-refractivity contribution in [3.8, 4) is 0 Å². The number of nitrogens with zero attached hydrogens (tertiary/aromatic N) is 1. The van der Waals surface area contributed by atoms with Gasteiger partial charge in [0.1, 0.15) is 0 Å². The topological polar surface area (TPSA) is 29.3 Å². The Morgan fingerprint density at radius 3 is 2.62 bits per heavy atom. The van der Waals surface area contributed by atoms with Gasteiger partial charge in [-0.25, -0.2) is 0 Å². The Kier molecular flexibility index (Phi) is 4.05. The van der Waals surface area contributed by atoms with Gasteiger partial charge < -0.3 is 10.6 Å². The lowest BCUT2D eigenvalue weighted by Gasteiger charge is -2.46. The molecule has 2 aromatic carbocycles. The average Bonchev–Trinajstić information content (AvgIpc) is 2.54. The molecule has 0 amide bonds. The number of anilines is 1. The maximum absolute atomic E-state index is 6.21. The van der Waals surface area contributed by atoms with E-state index in [1.54, 1.807) is 0 Å². The van der Waals surface area contributed by atoms with E-state index in [0.717, 1.165) is 23.7 Å². The van der Waals surface area contributed by atoms with Gasteiger partial charge in [-0.1, -0.05) is 40.2 Å². The lowest BCUT2D eigenvalue weighted by molar-refractivity contribution is 0.363. The van der Waals surface area contributed by atoms with Crippen molar-refractivity contribution >= 4 is 21.6 Å². The molecule has 1 unspecified atom stereocenters. The minimum absolute atomic E-state index is 0.0161. The molecule has 0 heterocycles. The third-order valence-corrected chi connectivity index (χ3v) is 5.28. The van der Waals surface area contributed by atoms with E-state index in [0.29, 0.717) is 6.54 Å². The fraction of sp³-hybridized carbons (Fsp3) is 0.333. The number of rotatable bonds is 3. The maximum Gasteiger partial charge on any atom is 0.0564 e. The summed E-state index contributed by atoms with van der Waals surface area (Å²) >= 11 is 3.57. The number of nitrogens with two attached hydrogens (primary N) is 1. The highest BCUT2D eigenvalue weighted by atomic mass is 79.9. The van der Waals surface area contributed by atoms with Crippen LogP contribution in [0.4, 0.5) is 5.69 Å². The molecular weight excluding hydrogens is 324 g/mol. The molecule has 21 heavy (non-hydrogen) atoms. The largest absolute Gasteiger partial charge is 0.367 e. The first-order valence-corrected chi connectivity index (χ1v) is 8.20. The molecule has 2 aromatic rings. The summed E-state index contributed by atoms with van der Waals surface area (Å²) in [5.74, 6) is 0. The highest BCUT2D eigenvalue weighted by Gasteiger charge is 2.37. The van der Waals surface area contributed by atoms with Gasteiger partial charge in [-0.2, -0.15) is 0 Å². The Hall–Kier alpha value is -1.32. The molecule has 0 fully saturated rings. The van der Waals surface area contributed by atoms with Crippen molar-refractivity contribution in [3.63, 3.8) is 0 Å². The lowest BCUT2D eigenvalue weighted by atomic mass is 9.76. The second-order valence-corrected chi connectivity index (χ2v) is 6.83. The first-order valence-electron chi connectivity index (χ1n) is 7.41. The number of benzene rings is 2. The maximum atomic E-state index is 6.21. The normalized spacial score (nSPS) is 20.9. The lowest BCUT2D eigenvalue weighted by Crippen LogP contribution is -2.56. The van der Waals surface area contributed by atoms with Crippen LogP contribution in [0.2, 0.25) is 0 Å². The third-order valence-electron chi connectivity index (χ3n) is 4.78. The standard InChI is InChI=1S/C18H21BrN2/c1-21(17-5-3-2-4-6-17)18(13-20)10-9-14-11-16(19)8-7-15(14)12-18/h2-8,11H,9-10,12-13,20H2,1H3. The number of fused-ring (bicyclic) bond motifs is 1. The second-order valence-electron chi connectivity index (χ2n) is 5.91. The van der Waals surface area contributed by atoms with Crippen molar-refractivity contribution in [2.24, 2.45) is 5.73 Å². The van der Waals surface area contributed by atoms with Crippen molar-refractivity contribution in [3.05, 3.63) is 64.1 Å². The zero-order valence-corrected chi connectivity index (χ0v) is 13.9. The SMILES string of the molecule is CN(c1ccccc1)C1(CN)CCc2cc(Br)ccc2C1. The van der Waals surface area contributed by atoms with Gasteiger partial charge in [-0.3, -0.25) is 0 Å². The molecule has 0 saturated carbocycles. The molecular formula is C18H21BrN2. The fourth-order valence-electron chi connectivity index (χ4n) is 3.33. The first kappa shape index (κ1) is 14.6. The fourth-order valence-corrected chi connectivity index (χ4v) is 3.74. The molecule has 1 aliphatic rings. The third kappa shape index (κ3) is 2.72. The number of halogens is 1. The Balaban J connectivity index is 1.94. The van der Waals surface area contributed by atoms with Crippen LogP contribution in [0.25, 0.3) is 0 Å². The van der Waals surface area contributed by atoms with Crippen molar-refractivity contribution in [1.82, 2.24) is 0 Å². The highest BCUT2D eigenvalue weighted by molar-refractivity contribution is 9.10. The van der Waals surface area contributed by atoms with Gasteiger partial charge in [-0.05, 0) is 54.7 Å². The number of para-hydroxylation sites is 1. The number of aryl methyl sites for hydroxylation is 1. The zero-order valence-electron chi connectivity index (χ0n) is 12.3. The van der Waals surface area contributed by atoms with Crippen molar-refractivity contribution in [2.45, 2.75) is 24.8 Å². The van der Waals surface area contributed by atoms with Crippen LogP contribution in [0, 0.1) is 0 Å². The van der Waals surface area contributed by atoms with Crippen LogP contribution in [-0.4, -0.2) is 19.1 Å². The molecule has 0 radical (unpaired) electrons. The van der Waals surface area contributed by atoms with Crippen LogP contribution in [0.1, 0.15) is 17.5 Å². The summed E-state index contributed by atoms with van der Waals surface area (Å²) in [6, 6.07) is 17.2. The Morgan fingerprint density at radius 2 is 1.90 bits per heavy atom. The Labute approximate surface area is 135 Å². The van der Waals surface area contributed by atoms with Gasteiger partial charge in [0.15, 0.2) is 0 Å². The van der Waals surface area contributed by atoms with Crippen molar-refractivity contribution in [2.75, 3.05) is 18.5 Å². The molecule has 0 aromatic heterocycles. The number of hydrogen-bond acceptors (Lipinski definition) is 2. The van der Waals surface area contributed by atoms with Crippen LogP contribution < -0.4 is 10.6 Å². The van der Waals surface area contributed by atoms with Crippen molar-refractivity contribution in [1.29, 1.82) is 0 Å². The minimum atomic E-state index is 0.0161. The summed E-state index contributed by atoms with van der Waals surface area (Å²) in [6.45, 7) is 0.675. The molecule has 0 bridgehead atoms. The monoisotopic (exact) mass is 344 g/mol. The zero-order chi connectivity index (χ0) is 14.9. The predicted molar refractivity (Wildman–Crippen MR) is 92.8 cm³/mol. The van der Waals surface area contributed by atoms with E-state index in [2.05, 4.69) is 76.4 Å². The molecule has 0 aliphatic heterocycles.